The smallest absolute Gasteiger partial charge is 0.243 e. The highest BCUT2D eigenvalue weighted by atomic mass is 35.5. The van der Waals surface area contributed by atoms with Crippen LogP contribution in [-0.2, 0) is 0 Å². The predicted octanol–water partition coefficient (Wildman–Crippen LogP) is 3.35. The van der Waals surface area contributed by atoms with Crippen molar-refractivity contribution in [1.82, 2.24) is 15.5 Å². The van der Waals surface area contributed by atoms with E-state index in [9.17, 15) is 0 Å². The monoisotopic (exact) mass is 271 g/mol. The number of piperidine rings is 1. The molecule has 0 bridgehead atoms. The second-order valence-corrected chi connectivity index (χ2v) is 5.33. The fourth-order valence-corrected chi connectivity index (χ4v) is 2.98. The van der Waals surface area contributed by atoms with E-state index in [-0.39, 0.29) is 12.4 Å². The van der Waals surface area contributed by atoms with Gasteiger partial charge in [0.2, 0.25) is 5.89 Å². The lowest BCUT2D eigenvalue weighted by Gasteiger charge is -2.20. The third-order valence-electron chi connectivity index (χ3n) is 4.04. The molecule has 5 heteroatoms. The Balaban J connectivity index is 0.00000120. The average Bonchev–Trinajstić information content (AvgIpc) is 2.90. The first-order chi connectivity index (χ1) is 8.43. The SMILES string of the molecule is C1CCC(c2noc([C@H]3CCCCN3)n2)CC1.Cl. The summed E-state index contributed by atoms with van der Waals surface area (Å²) in [4.78, 5) is 4.62. The maximum atomic E-state index is 5.43. The molecule has 18 heavy (non-hydrogen) atoms. The van der Waals surface area contributed by atoms with Crippen molar-refractivity contribution in [3.05, 3.63) is 11.7 Å². The molecular formula is C13H22ClN3O. The normalized spacial score (nSPS) is 25.7. The van der Waals surface area contributed by atoms with Crippen molar-refractivity contribution in [3.8, 4) is 0 Å². The van der Waals surface area contributed by atoms with Crippen LogP contribution in [0.4, 0.5) is 0 Å². The van der Waals surface area contributed by atoms with E-state index in [4.69, 9.17) is 4.52 Å². The largest absolute Gasteiger partial charge is 0.338 e. The average molecular weight is 272 g/mol. The Hall–Kier alpha value is -0.610. The first kappa shape index (κ1) is 13.8. The number of halogens is 1. The minimum atomic E-state index is 0. The molecule has 1 aliphatic carbocycles. The van der Waals surface area contributed by atoms with Crippen LogP contribution < -0.4 is 5.32 Å². The van der Waals surface area contributed by atoms with Gasteiger partial charge in [-0.15, -0.1) is 12.4 Å². The highest BCUT2D eigenvalue weighted by molar-refractivity contribution is 5.85. The van der Waals surface area contributed by atoms with Crippen molar-refractivity contribution in [2.45, 2.75) is 63.3 Å². The quantitative estimate of drug-likeness (QED) is 0.896. The molecule has 0 aromatic carbocycles. The van der Waals surface area contributed by atoms with E-state index in [0.29, 0.717) is 12.0 Å². The van der Waals surface area contributed by atoms with Crippen LogP contribution in [0.15, 0.2) is 4.52 Å². The van der Waals surface area contributed by atoms with E-state index in [1.54, 1.807) is 0 Å². The molecule has 1 saturated carbocycles. The van der Waals surface area contributed by atoms with Gasteiger partial charge in [0.05, 0.1) is 6.04 Å². The Labute approximate surface area is 114 Å². The molecule has 3 rings (SSSR count). The first-order valence-corrected chi connectivity index (χ1v) is 7.00. The Bertz CT molecular complexity index is 324. The third-order valence-corrected chi connectivity index (χ3v) is 4.04. The molecule has 4 nitrogen and oxygen atoms in total. The molecule has 1 N–H and O–H groups in total. The molecule has 1 aromatic heterocycles. The predicted molar refractivity (Wildman–Crippen MR) is 72.0 cm³/mol. The molecule has 2 heterocycles. The van der Waals surface area contributed by atoms with Gasteiger partial charge in [-0.05, 0) is 32.2 Å². The van der Waals surface area contributed by atoms with Crippen molar-refractivity contribution in [2.75, 3.05) is 6.54 Å². The molecule has 0 radical (unpaired) electrons. The van der Waals surface area contributed by atoms with Gasteiger partial charge in [0.25, 0.3) is 0 Å². The van der Waals surface area contributed by atoms with E-state index in [1.807, 2.05) is 0 Å². The van der Waals surface area contributed by atoms with E-state index >= 15 is 0 Å². The molecule has 1 aromatic rings. The first-order valence-electron chi connectivity index (χ1n) is 7.00. The van der Waals surface area contributed by atoms with Crippen molar-refractivity contribution >= 4 is 12.4 Å². The van der Waals surface area contributed by atoms with Crippen LogP contribution in [0.25, 0.3) is 0 Å². The zero-order chi connectivity index (χ0) is 11.5. The van der Waals surface area contributed by atoms with Crippen molar-refractivity contribution in [1.29, 1.82) is 0 Å². The maximum Gasteiger partial charge on any atom is 0.243 e. The van der Waals surface area contributed by atoms with Crippen LogP contribution in [0.5, 0.6) is 0 Å². The second-order valence-electron chi connectivity index (χ2n) is 5.33. The molecule has 1 saturated heterocycles. The summed E-state index contributed by atoms with van der Waals surface area (Å²) in [6.07, 6.45) is 10.1. The number of aromatic nitrogens is 2. The Kier molecular flexibility index (Phi) is 5.01. The summed E-state index contributed by atoms with van der Waals surface area (Å²) in [7, 11) is 0. The standard InChI is InChI=1S/C13H21N3O.ClH/c1-2-6-10(7-3-1)12-15-13(17-16-12)11-8-4-5-9-14-11;/h10-11,14H,1-9H2;1H/t11-;/m1./s1. The minimum Gasteiger partial charge on any atom is -0.338 e. The number of nitrogens with zero attached hydrogens (tertiary/aromatic N) is 2. The van der Waals surface area contributed by atoms with Crippen molar-refractivity contribution in [2.24, 2.45) is 0 Å². The summed E-state index contributed by atoms with van der Waals surface area (Å²) in [6, 6.07) is 0.300. The van der Waals surface area contributed by atoms with Gasteiger partial charge in [-0.2, -0.15) is 4.98 Å². The van der Waals surface area contributed by atoms with Crippen molar-refractivity contribution < 1.29 is 4.52 Å². The maximum absolute atomic E-state index is 5.43. The van der Waals surface area contributed by atoms with Crippen LogP contribution in [0.1, 0.15) is 75.0 Å². The molecule has 102 valence electrons. The molecule has 0 amide bonds. The number of hydrogen-bond acceptors (Lipinski definition) is 4. The number of hydrogen-bond donors (Lipinski definition) is 1. The van der Waals surface area contributed by atoms with Gasteiger partial charge in [0.1, 0.15) is 0 Å². The molecule has 0 spiro atoms. The highest BCUT2D eigenvalue weighted by Gasteiger charge is 2.25. The highest BCUT2D eigenvalue weighted by Crippen LogP contribution is 2.32. The molecule has 2 fully saturated rings. The van der Waals surface area contributed by atoms with Gasteiger partial charge in [0, 0.05) is 5.92 Å². The van der Waals surface area contributed by atoms with Crippen LogP contribution in [-0.4, -0.2) is 16.7 Å². The fourth-order valence-electron chi connectivity index (χ4n) is 2.98. The van der Waals surface area contributed by atoms with Crippen LogP contribution in [0, 0.1) is 0 Å². The summed E-state index contributed by atoms with van der Waals surface area (Å²) in [5.74, 6) is 2.31. The lowest BCUT2D eigenvalue weighted by atomic mass is 9.89. The zero-order valence-electron chi connectivity index (χ0n) is 10.7. The van der Waals surface area contributed by atoms with Gasteiger partial charge in [-0.1, -0.05) is 30.8 Å². The van der Waals surface area contributed by atoms with E-state index < -0.39 is 0 Å². The van der Waals surface area contributed by atoms with Crippen LogP contribution in [0.2, 0.25) is 0 Å². The van der Waals surface area contributed by atoms with Crippen molar-refractivity contribution in [3.63, 3.8) is 0 Å². The Morgan fingerprint density at radius 2 is 1.78 bits per heavy atom. The van der Waals surface area contributed by atoms with Crippen LogP contribution >= 0.6 is 12.4 Å². The lowest BCUT2D eigenvalue weighted by Crippen LogP contribution is -2.27. The van der Waals surface area contributed by atoms with Gasteiger partial charge in [0.15, 0.2) is 5.82 Å². The van der Waals surface area contributed by atoms with E-state index in [2.05, 4.69) is 15.5 Å². The Morgan fingerprint density at radius 3 is 2.50 bits per heavy atom. The number of nitrogens with one attached hydrogen (secondary N) is 1. The van der Waals surface area contributed by atoms with E-state index in [1.165, 1.54) is 44.9 Å². The lowest BCUT2D eigenvalue weighted by molar-refractivity contribution is 0.293. The molecule has 1 atom stereocenters. The minimum absolute atomic E-state index is 0. The summed E-state index contributed by atoms with van der Waals surface area (Å²) in [5.41, 5.74) is 0. The molecule has 2 aliphatic rings. The summed E-state index contributed by atoms with van der Waals surface area (Å²) < 4.78 is 5.43. The molecular weight excluding hydrogens is 250 g/mol. The van der Waals surface area contributed by atoms with Crippen LogP contribution in [0.3, 0.4) is 0 Å². The summed E-state index contributed by atoms with van der Waals surface area (Å²) in [5, 5.41) is 7.64. The third kappa shape index (κ3) is 3.04. The number of rotatable bonds is 2. The molecule has 0 unspecified atom stereocenters. The second kappa shape index (κ2) is 6.53. The van der Waals surface area contributed by atoms with Gasteiger partial charge >= 0.3 is 0 Å². The van der Waals surface area contributed by atoms with E-state index in [0.717, 1.165) is 24.7 Å². The van der Waals surface area contributed by atoms with Gasteiger partial charge < -0.3 is 9.84 Å². The summed E-state index contributed by atoms with van der Waals surface area (Å²) >= 11 is 0. The summed E-state index contributed by atoms with van der Waals surface area (Å²) in [6.45, 7) is 1.08. The van der Waals surface area contributed by atoms with Gasteiger partial charge in [-0.25, -0.2) is 0 Å². The fraction of sp³-hybridized carbons (Fsp3) is 0.846. The topological polar surface area (TPSA) is 51.0 Å². The zero-order valence-corrected chi connectivity index (χ0v) is 11.5. The van der Waals surface area contributed by atoms with Gasteiger partial charge in [-0.3, -0.25) is 0 Å². The Morgan fingerprint density at radius 1 is 1.00 bits per heavy atom. The molecule has 1 aliphatic heterocycles.